The lowest BCUT2D eigenvalue weighted by Crippen LogP contribution is -2.03. The number of nitrogens with two attached hydrogens (primary N) is 2. The van der Waals surface area contributed by atoms with E-state index in [2.05, 4.69) is 0 Å². The Kier molecular flexibility index (Phi) is 3.45. The predicted octanol–water partition coefficient (Wildman–Crippen LogP) is 3.39. The van der Waals surface area contributed by atoms with Gasteiger partial charge in [0.15, 0.2) is 5.78 Å². The molecule has 0 aliphatic carbocycles. The van der Waals surface area contributed by atoms with Crippen LogP contribution in [0, 0.1) is 0 Å². The third kappa shape index (κ3) is 2.58. The van der Waals surface area contributed by atoms with E-state index < -0.39 is 0 Å². The van der Waals surface area contributed by atoms with Crippen LogP contribution in [0.5, 0.6) is 0 Å². The maximum atomic E-state index is 12.2. The minimum Gasteiger partial charge on any atom is -0.399 e. The molecule has 0 aliphatic heterocycles. The summed E-state index contributed by atoms with van der Waals surface area (Å²) in [6.07, 6.45) is 0. The fourth-order valence-corrected chi connectivity index (χ4v) is 2.13. The van der Waals surface area contributed by atoms with E-state index in [9.17, 15) is 4.79 Å². The topological polar surface area (TPSA) is 69.1 Å². The summed E-state index contributed by atoms with van der Waals surface area (Å²) in [7, 11) is 0. The van der Waals surface area contributed by atoms with Crippen LogP contribution >= 0.6 is 23.2 Å². The van der Waals surface area contributed by atoms with Crippen LogP contribution in [-0.2, 0) is 0 Å². The van der Waals surface area contributed by atoms with Crippen LogP contribution in [0.3, 0.4) is 0 Å². The number of hydrogen-bond donors (Lipinski definition) is 2. The van der Waals surface area contributed by atoms with E-state index in [4.69, 9.17) is 34.7 Å². The Morgan fingerprint density at radius 3 is 2.28 bits per heavy atom. The summed E-state index contributed by atoms with van der Waals surface area (Å²) >= 11 is 11.9. The Balaban J connectivity index is 2.47. The molecule has 5 heteroatoms. The van der Waals surface area contributed by atoms with Crippen molar-refractivity contribution >= 4 is 40.4 Å². The molecule has 0 saturated heterocycles. The number of benzene rings is 2. The zero-order valence-corrected chi connectivity index (χ0v) is 10.8. The molecule has 0 aliphatic rings. The average Bonchev–Trinajstić information content (AvgIpc) is 2.26. The standard InChI is InChI=1S/C13H10Cl2N2O/c14-8-3-7(4-10(17)5-8)13(18)11-2-1-9(16)6-12(11)15/h1-6H,16-17H2. The summed E-state index contributed by atoms with van der Waals surface area (Å²) in [6, 6.07) is 9.41. The summed E-state index contributed by atoms with van der Waals surface area (Å²) in [5.41, 5.74) is 12.9. The van der Waals surface area contributed by atoms with Crippen molar-refractivity contribution in [2.75, 3.05) is 11.5 Å². The summed E-state index contributed by atoms with van der Waals surface area (Å²) in [5.74, 6) is -0.241. The van der Waals surface area contributed by atoms with Crippen molar-refractivity contribution in [3.05, 3.63) is 57.6 Å². The fourth-order valence-electron chi connectivity index (χ4n) is 1.61. The number of halogens is 2. The highest BCUT2D eigenvalue weighted by atomic mass is 35.5. The molecule has 2 rings (SSSR count). The quantitative estimate of drug-likeness (QED) is 0.654. The van der Waals surface area contributed by atoms with Gasteiger partial charge in [-0.15, -0.1) is 0 Å². The summed E-state index contributed by atoms with van der Waals surface area (Å²) in [5, 5.41) is 0.712. The molecule has 18 heavy (non-hydrogen) atoms. The van der Waals surface area contributed by atoms with Crippen LogP contribution in [0.15, 0.2) is 36.4 Å². The summed E-state index contributed by atoms with van der Waals surface area (Å²) in [4.78, 5) is 12.2. The molecule has 0 saturated carbocycles. The molecule has 92 valence electrons. The monoisotopic (exact) mass is 280 g/mol. The van der Waals surface area contributed by atoms with Gasteiger partial charge in [0.1, 0.15) is 0 Å². The predicted molar refractivity (Wildman–Crippen MR) is 75.2 cm³/mol. The van der Waals surface area contributed by atoms with Crippen LogP contribution in [-0.4, -0.2) is 5.78 Å². The van der Waals surface area contributed by atoms with Crippen LogP contribution < -0.4 is 11.5 Å². The second-order valence-electron chi connectivity index (χ2n) is 3.84. The first-order chi connectivity index (χ1) is 8.47. The lowest BCUT2D eigenvalue weighted by molar-refractivity contribution is 0.103. The first-order valence-corrected chi connectivity index (χ1v) is 5.89. The molecule has 4 N–H and O–H groups in total. The van der Waals surface area contributed by atoms with Crippen molar-refractivity contribution in [3.8, 4) is 0 Å². The number of hydrogen-bond acceptors (Lipinski definition) is 3. The highest BCUT2D eigenvalue weighted by molar-refractivity contribution is 6.35. The minimum absolute atomic E-state index is 0.241. The zero-order valence-electron chi connectivity index (χ0n) is 9.28. The van der Waals surface area contributed by atoms with E-state index in [-0.39, 0.29) is 5.78 Å². The van der Waals surface area contributed by atoms with Gasteiger partial charge in [-0.25, -0.2) is 0 Å². The zero-order chi connectivity index (χ0) is 13.3. The number of ketones is 1. The van der Waals surface area contributed by atoms with Crippen molar-refractivity contribution in [3.63, 3.8) is 0 Å². The van der Waals surface area contributed by atoms with Gasteiger partial charge in [0.2, 0.25) is 0 Å². The van der Waals surface area contributed by atoms with Crippen LogP contribution in [0.4, 0.5) is 11.4 Å². The Hall–Kier alpha value is -1.71. The van der Waals surface area contributed by atoms with E-state index in [1.54, 1.807) is 30.3 Å². The lowest BCUT2D eigenvalue weighted by atomic mass is 10.0. The SMILES string of the molecule is Nc1cc(Cl)cc(C(=O)c2ccc(N)cc2Cl)c1. The Morgan fingerprint density at radius 2 is 1.67 bits per heavy atom. The first kappa shape index (κ1) is 12.7. The Bertz CT molecular complexity index is 606. The number of anilines is 2. The van der Waals surface area contributed by atoms with Crippen LogP contribution in [0.25, 0.3) is 0 Å². The average molecular weight is 281 g/mol. The summed E-state index contributed by atoms with van der Waals surface area (Å²) < 4.78 is 0. The highest BCUT2D eigenvalue weighted by Gasteiger charge is 2.14. The molecule has 0 aromatic heterocycles. The van der Waals surface area contributed by atoms with Gasteiger partial charge in [-0.2, -0.15) is 0 Å². The molecular weight excluding hydrogens is 271 g/mol. The van der Waals surface area contributed by atoms with Crippen molar-refractivity contribution < 1.29 is 4.79 Å². The summed E-state index contributed by atoms with van der Waals surface area (Å²) in [6.45, 7) is 0. The molecule has 0 fully saturated rings. The van der Waals surface area contributed by atoms with Gasteiger partial charge in [0.25, 0.3) is 0 Å². The minimum atomic E-state index is -0.241. The van der Waals surface area contributed by atoms with E-state index in [1.807, 2.05) is 0 Å². The van der Waals surface area contributed by atoms with Crippen molar-refractivity contribution in [2.24, 2.45) is 0 Å². The molecule has 0 atom stereocenters. The molecule has 0 radical (unpaired) electrons. The number of carbonyl (C=O) groups excluding carboxylic acids is 1. The van der Waals surface area contributed by atoms with Crippen molar-refractivity contribution in [1.82, 2.24) is 0 Å². The number of rotatable bonds is 2. The number of carbonyl (C=O) groups is 1. The third-order valence-corrected chi connectivity index (χ3v) is 2.95. The Labute approximate surface area is 114 Å². The highest BCUT2D eigenvalue weighted by Crippen LogP contribution is 2.24. The molecule has 0 heterocycles. The van der Waals surface area contributed by atoms with Gasteiger partial charge in [-0.1, -0.05) is 23.2 Å². The maximum absolute atomic E-state index is 12.2. The molecular formula is C13H10Cl2N2O. The van der Waals surface area contributed by atoms with Gasteiger partial charge in [0, 0.05) is 27.5 Å². The normalized spacial score (nSPS) is 10.3. The molecule has 0 unspecified atom stereocenters. The van der Waals surface area contributed by atoms with E-state index in [0.29, 0.717) is 32.5 Å². The third-order valence-electron chi connectivity index (χ3n) is 2.42. The van der Waals surface area contributed by atoms with Gasteiger partial charge in [-0.05, 0) is 36.4 Å². The second-order valence-corrected chi connectivity index (χ2v) is 4.69. The fraction of sp³-hybridized carbons (Fsp3) is 0. The van der Waals surface area contributed by atoms with E-state index >= 15 is 0 Å². The maximum Gasteiger partial charge on any atom is 0.194 e. The molecule has 2 aromatic rings. The Morgan fingerprint density at radius 1 is 0.944 bits per heavy atom. The first-order valence-electron chi connectivity index (χ1n) is 5.13. The molecule has 0 spiro atoms. The van der Waals surface area contributed by atoms with Gasteiger partial charge >= 0.3 is 0 Å². The largest absolute Gasteiger partial charge is 0.399 e. The number of nitrogen functional groups attached to an aromatic ring is 2. The van der Waals surface area contributed by atoms with Crippen LogP contribution in [0.1, 0.15) is 15.9 Å². The van der Waals surface area contributed by atoms with Crippen molar-refractivity contribution in [1.29, 1.82) is 0 Å². The molecule has 3 nitrogen and oxygen atoms in total. The van der Waals surface area contributed by atoms with E-state index in [0.717, 1.165) is 0 Å². The second kappa shape index (κ2) is 4.88. The van der Waals surface area contributed by atoms with Gasteiger partial charge in [-0.3, -0.25) is 4.79 Å². The molecule has 0 bridgehead atoms. The van der Waals surface area contributed by atoms with Crippen LogP contribution in [0.2, 0.25) is 10.0 Å². The van der Waals surface area contributed by atoms with Gasteiger partial charge < -0.3 is 11.5 Å². The van der Waals surface area contributed by atoms with E-state index in [1.165, 1.54) is 6.07 Å². The van der Waals surface area contributed by atoms with Crippen molar-refractivity contribution in [2.45, 2.75) is 0 Å². The smallest absolute Gasteiger partial charge is 0.194 e. The van der Waals surface area contributed by atoms with Gasteiger partial charge in [0.05, 0.1) is 5.02 Å². The lowest BCUT2D eigenvalue weighted by Gasteiger charge is -2.06. The molecule has 2 aromatic carbocycles. The molecule has 0 amide bonds.